The van der Waals surface area contributed by atoms with E-state index < -0.39 is 23.1 Å². The number of hydrogen-bond donors (Lipinski definition) is 3. The van der Waals surface area contributed by atoms with E-state index in [-0.39, 0.29) is 24.1 Å². The Bertz CT molecular complexity index is 1450. The SMILES string of the molecule is O=C(O)c1cccc(Oc2ccc(Nc3ncc(C(=O)O)c(=O)n3Cc3ccc(Cl)cc3)cc2)n1. The summed E-state index contributed by atoms with van der Waals surface area (Å²) in [6.45, 7) is 0.0687. The number of benzene rings is 2. The number of aromatic nitrogens is 3. The van der Waals surface area contributed by atoms with E-state index in [1.165, 1.54) is 22.8 Å². The van der Waals surface area contributed by atoms with Crippen LogP contribution in [-0.2, 0) is 6.54 Å². The van der Waals surface area contributed by atoms with Gasteiger partial charge in [-0.05, 0) is 48.0 Å². The Morgan fingerprint density at radius 1 is 0.971 bits per heavy atom. The Hall–Kier alpha value is -4.70. The largest absolute Gasteiger partial charge is 0.477 e. The number of nitrogens with zero attached hydrogens (tertiary/aromatic N) is 3. The lowest BCUT2D eigenvalue weighted by atomic mass is 10.2. The number of halogens is 1. The minimum atomic E-state index is -1.37. The average molecular weight is 493 g/mol. The van der Waals surface area contributed by atoms with Crippen LogP contribution in [0.3, 0.4) is 0 Å². The first-order valence-corrected chi connectivity index (χ1v) is 10.5. The van der Waals surface area contributed by atoms with E-state index in [1.54, 1.807) is 48.5 Å². The van der Waals surface area contributed by atoms with Crippen molar-refractivity contribution in [3.8, 4) is 11.6 Å². The predicted molar refractivity (Wildman–Crippen MR) is 127 cm³/mol. The summed E-state index contributed by atoms with van der Waals surface area (Å²) in [5, 5.41) is 21.9. The summed E-state index contributed by atoms with van der Waals surface area (Å²) in [5.41, 5.74) is -0.0397. The predicted octanol–water partition coefficient (Wildman–Crippen LogP) is 4.27. The van der Waals surface area contributed by atoms with Crippen LogP contribution >= 0.6 is 11.6 Å². The molecule has 4 aromatic rings. The van der Waals surface area contributed by atoms with Crippen LogP contribution in [0.2, 0.25) is 5.02 Å². The lowest BCUT2D eigenvalue weighted by molar-refractivity contribution is 0.0681. The van der Waals surface area contributed by atoms with Gasteiger partial charge in [0.25, 0.3) is 5.56 Å². The van der Waals surface area contributed by atoms with Crippen LogP contribution in [0.25, 0.3) is 0 Å². The molecule has 3 N–H and O–H groups in total. The highest BCUT2D eigenvalue weighted by molar-refractivity contribution is 6.30. The highest BCUT2D eigenvalue weighted by atomic mass is 35.5. The molecule has 0 saturated heterocycles. The topological polar surface area (TPSA) is 144 Å². The molecule has 11 heteroatoms. The molecular weight excluding hydrogens is 476 g/mol. The fraction of sp³-hybridized carbons (Fsp3) is 0.0417. The molecule has 0 unspecified atom stereocenters. The molecule has 0 fully saturated rings. The highest BCUT2D eigenvalue weighted by Gasteiger charge is 2.16. The van der Waals surface area contributed by atoms with Crippen molar-refractivity contribution >= 4 is 35.2 Å². The van der Waals surface area contributed by atoms with Crippen molar-refractivity contribution in [3.05, 3.63) is 105 Å². The van der Waals surface area contributed by atoms with E-state index in [0.717, 1.165) is 11.8 Å². The molecule has 2 aromatic carbocycles. The molecule has 0 saturated carbocycles. The molecule has 35 heavy (non-hydrogen) atoms. The zero-order chi connectivity index (χ0) is 24.9. The molecule has 0 atom stereocenters. The van der Waals surface area contributed by atoms with Gasteiger partial charge >= 0.3 is 11.9 Å². The first kappa shape index (κ1) is 23.5. The molecule has 176 valence electrons. The van der Waals surface area contributed by atoms with E-state index in [2.05, 4.69) is 15.3 Å². The molecule has 0 amide bonds. The number of pyridine rings is 1. The van der Waals surface area contributed by atoms with Crippen molar-refractivity contribution in [2.45, 2.75) is 6.54 Å². The summed E-state index contributed by atoms with van der Waals surface area (Å²) in [5.74, 6) is -1.88. The molecule has 2 aromatic heterocycles. The minimum absolute atomic E-state index is 0.0687. The van der Waals surface area contributed by atoms with Crippen molar-refractivity contribution in [2.24, 2.45) is 0 Å². The Balaban J connectivity index is 1.58. The molecule has 0 spiro atoms. The Morgan fingerprint density at radius 3 is 2.34 bits per heavy atom. The zero-order valence-corrected chi connectivity index (χ0v) is 18.6. The molecule has 0 aliphatic heterocycles. The number of carboxylic acids is 2. The van der Waals surface area contributed by atoms with Gasteiger partial charge in [-0.15, -0.1) is 0 Å². The number of carboxylic acid groups (broad SMARTS) is 2. The maximum atomic E-state index is 12.8. The number of ether oxygens (including phenoxy) is 1. The van der Waals surface area contributed by atoms with Gasteiger partial charge in [0, 0.05) is 16.8 Å². The fourth-order valence-electron chi connectivity index (χ4n) is 3.10. The fourth-order valence-corrected chi connectivity index (χ4v) is 3.23. The maximum absolute atomic E-state index is 12.8. The molecule has 10 nitrogen and oxygen atoms in total. The lowest BCUT2D eigenvalue weighted by Gasteiger charge is -2.15. The summed E-state index contributed by atoms with van der Waals surface area (Å²) in [6.07, 6.45) is 1.00. The van der Waals surface area contributed by atoms with E-state index in [1.807, 2.05) is 0 Å². The van der Waals surface area contributed by atoms with Crippen molar-refractivity contribution < 1.29 is 24.5 Å². The third-order valence-electron chi connectivity index (χ3n) is 4.81. The van der Waals surface area contributed by atoms with Gasteiger partial charge in [0.1, 0.15) is 11.3 Å². The van der Waals surface area contributed by atoms with Crippen LogP contribution in [0, 0.1) is 0 Å². The third kappa shape index (κ3) is 5.63. The summed E-state index contributed by atoms with van der Waals surface area (Å²) in [4.78, 5) is 43.4. The van der Waals surface area contributed by atoms with Crippen LogP contribution in [0.1, 0.15) is 26.4 Å². The number of anilines is 2. The Morgan fingerprint density at radius 2 is 1.69 bits per heavy atom. The summed E-state index contributed by atoms with van der Waals surface area (Å²) >= 11 is 5.93. The second kappa shape index (κ2) is 10.1. The number of carbonyl (C=O) groups is 2. The summed E-state index contributed by atoms with van der Waals surface area (Å²) < 4.78 is 6.82. The van der Waals surface area contributed by atoms with E-state index >= 15 is 0 Å². The molecule has 0 aliphatic rings. The van der Waals surface area contributed by atoms with Gasteiger partial charge in [0.05, 0.1) is 12.7 Å². The first-order chi connectivity index (χ1) is 16.8. The summed E-state index contributed by atoms with van der Waals surface area (Å²) in [6, 6.07) is 17.7. The van der Waals surface area contributed by atoms with E-state index in [9.17, 15) is 19.5 Å². The van der Waals surface area contributed by atoms with E-state index in [4.69, 9.17) is 21.4 Å². The molecular formula is C24H17ClN4O6. The zero-order valence-electron chi connectivity index (χ0n) is 17.9. The Labute approximate surface area is 203 Å². The van der Waals surface area contributed by atoms with Crippen LogP contribution < -0.4 is 15.6 Å². The number of hydrogen-bond acceptors (Lipinski definition) is 7. The van der Waals surface area contributed by atoms with Crippen LogP contribution in [0.15, 0.2) is 77.7 Å². The Kier molecular flexibility index (Phi) is 6.74. The quantitative estimate of drug-likeness (QED) is 0.328. The van der Waals surface area contributed by atoms with Crippen LogP contribution in [-0.4, -0.2) is 36.7 Å². The third-order valence-corrected chi connectivity index (χ3v) is 5.06. The van der Waals surface area contributed by atoms with Gasteiger partial charge in [-0.25, -0.2) is 19.6 Å². The van der Waals surface area contributed by atoms with Gasteiger partial charge in [-0.2, -0.15) is 0 Å². The smallest absolute Gasteiger partial charge is 0.354 e. The van der Waals surface area contributed by atoms with Gasteiger partial charge < -0.3 is 20.3 Å². The van der Waals surface area contributed by atoms with Crippen LogP contribution in [0.4, 0.5) is 11.6 Å². The van der Waals surface area contributed by atoms with Gasteiger partial charge in [0.15, 0.2) is 5.69 Å². The van der Waals surface area contributed by atoms with Crippen molar-refractivity contribution in [1.82, 2.24) is 14.5 Å². The molecule has 2 heterocycles. The maximum Gasteiger partial charge on any atom is 0.354 e. The number of rotatable bonds is 8. The molecule has 0 aliphatic carbocycles. The van der Waals surface area contributed by atoms with Gasteiger partial charge in [0.2, 0.25) is 11.8 Å². The lowest BCUT2D eigenvalue weighted by Crippen LogP contribution is -2.29. The second-order valence-electron chi connectivity index (χ2n) is 7.24. The monoisotopic (exact) mass is 492 g/mol. The summed E-state index contributed by atoms with van der Waals surface area (Å²) in [7, 11) is 0. The standard InChI is InChI=1S/C24H17ClN4O6/c25-15-6-4-14(5-7-15)13-29-21(30)18(22(31)32)12-26-24(29)27-16-8-10-17(11-9-16)35-20-3-1-2-19(28-20)23(33)34/h1-12H,13H2,(H,26,27)(H,31,32)(H,33,34). The highest BCUT2D eigenvalue weighted by Crippen LogP contribution is 2.23. The number of aromatic carboxylic acids is 2. The second-order valence-corrected chi connectivity index (χ2v) is 7.67. The average Bonchev–Trinajstić information content (AvgIpc) is 2.84. The number of nitrogens with one attached hydrogen (secondary N) is 1. The molecule has 0 radical (unpaired) electrons. The first-order valence-electron chi connectivity index (χ1n) is 10.1. The van der Waals surface area contributed by atoms with Crippen LogP contribution in [0.5, 0.6) is 11.6 Å². The van der Waals surface area contributed by atoms with Gasteiger partial charge in [-0.3, -0.25) is 9.36 Å². The normalized spacial score (nSPS) is 10.5. The van der Waals surface area contributed by atoms with Crippen molar-refractivity contribution in [1.29, 1.82) is 0 Å². The minimum Gasteiger partial charge on any atom is -0.477 e. The molecule has 0 bridgehead atoms. The molecule has 4 rings (SSSR count). The van der Waals surface area contributed by atoms with E-state index in [0.29, 0.717) is 16.5 Å². The van der Waals surface area contributed by atoms with Crippen molar-refractivity contribution in [3.63, 3.8) is 0 Å². The van der Waals surface area contributed by atoms with Gasteiger partial charge in [-0.1, -0.05) is 29.8 Å². The van der Waals surface area contributed by atoms with Crippen molar-refractivity contribution in [2.75, 3.05) is 5.32 Å².